The molecule has 5 atom stereocenters. The third-order valence-electron chi connectivity index (χ3n) is 4.36. The van der Waals surface area contributed by atoms with Crippen molar-refractivity contribution in [2.75, 3.05) is 6.61 Å². The lowest BCUT2D eigenvalue weighted by atomic mass is 10.0. The predicted molar refractivity (Wildman–Crippen MR) is 85.8 cm³/mol. The highest BCUT2D eigenvalue weighted by Gasteiger charge is 2.46. The molecule has 2 aromatic rings. The van der Waals surface area contributed by atoms with Crippen LogP contribution in [-0.4, -0.2) is 62.9 Å². The quantitative estimate of drug-likeness (QED) is 0.614. The van der Waals surface area contributed by atoms with Crippen molar-refractivity contribution in [3.05, 3.63) is 46.9 Å². The minimum atomic E-state index is -1.94. The van der Waals surface area contributed by atoms with Gasteiger partial charge in [0.2, 0.25) is 12.2 Å². The number of ether oxygens (including phenoxy) is 2. The molecule has 1 aliphatic heterocycles. The van der Waals surface area contributed by atoms with Gasteiger partial charge in [-0.1, -0.05) is 12.1 Å². The van der Waals surface area contributed by atoms with E-state index in [0.717, 1.165) is 5.56 Å². The van der Waals surface area contributed by atoms with E-state index in [1.54, 1.807) is 19.1 Å². The number of aliphatic hydroxyl groups is 3. The Morgan fingerprint density at radius 2 is 1.92 bits per heavy atom. The molecule has 0 bridgehead atoms. The van der Waals surface area contributed by atoms with Crippen LogP contribution >= 0.6 is 0 Å². The Balaban J connectivity index is 1.79. The van der Waals surface area contributed by atoms with E-state index in [0.29, 0.717) is 17.7 Å². The highest BCUT2D eigenvalue weighted by Crippen LogP contribution is 2.28. The van der Waals surface area contributed by atoms with Crippen LogP contribution in [0.1, 0.15) is 16.8 Å². The molecule has 1 aliphatic rings. The summed E-state index contributed by atoms with van der Waals surface area (Å²) in [5.74, 6) is -0.241. The zero-order chi connectivity index (χ0) is 18.8. The summed E-state index contributed by atoms with van der Waals surface area (Å²) >= 11 is 0. The number of H-pyrrole nitrogens is 1. The third kappa shape index (κ3) is 3.70. The Labute approximate surface area is 148 Å². The van der Waals surface area contributed by atoms with E-state index in [-0.39, 0.29) is 11.7 Å². The second-order valence-electron chi connectivity index (χ2n) is 6.20. The smallest absolute Gasteiger partial charge is 0.238 e. The lowest BCUT2D eigenvalue weighted by molar-refractivity contribution is -0.265. The minimum absolute atomic E-state index is 0.108. The molecular weight excluding hydrogens is 350 g/mol. The number of aromatic amines is 1. The summed E-state index contributed by atoms with van der Waals surface area (Å²) in [6.07, 6.45) is -7.69. The monoisotopic (exact) mass is 370 g/mol. The van der Waals surface area contributed by atoms with E-state index < -0.39 is 37.4 Å². The summed E-state index contributed by atoms with van der Waals surface area (Å²) in [7, 11) is 0. The van der Waals surface area contributed by atoms with Crippen LogP contribution in [0.15, 0.2) is 24.3 Å². The maximum atomic E-state index is 13.8. The number of aliphatic hydroxyl groups excluding tert-OH is 3. The van der Waals surface area contributed by atoms with E-state index in [4.69, 9.17) is 14.6 Å². The molecule has 2 heterocycles. The van der Waals surface area contributed by atoms with Gasteiger partial charge in [0.1, 0.15) is 24.1 Å². The molecule has 5 unspecified atom stereocenters. The number of aromatic nitrogens is 2. The molecule has 1 aromatic carbocycles. The molecule has 1 aromatic heterocycles. The van der Waals surface area contributed by atoms with Crippen LogP contribution in [-0.2, 0) is 11.2 Å². The zero-order valence-electron chi connectivity index (χ0n) is 14.0. The maximum absolute atomic E-state index is 13.8. The van der Waals surface area contributed by atoms with Gasteiger partial charge < -0.3 is 24.8 Å². The van der Waals surface area contributed by atoms with Gasteiger partial charge in [0.05, 0.1) is 6.61 Å². The Morgan fingerprint density at radius 1 is 1.23 bits per heavy atom. The summed E-state index contributed by atoms with van der Waals surface area (Å²) in [6, 6.07) is 5.92. The summed E-state index contributed by atoms with van der Waals surface area (Å²) in [5, 5.41) is 35.7. The summed E-state index contributed by atoms with van der Waals surface area (Å²) in [6.45, 7) is 1.09. The number of benzene rings is 1. The lowest BCUT2D eigenvalue weighted by Crippen LogP contribution is -2.58. The van der Waals surface area contributed by atoms with Crippen molar-refractivity contribution in [1.82, 2.24) is 10.2 Å². The molecule has 1 fully saturated rings. The van der Waals surface area contributed by atoms with E-state index in [9.17, 15) is 19.0 Å². The van der Waals surface area contributed by atoms with Gasteiger partial charge in [0.15, 0.2) is 6.17 Å². The fraction of sp³-hybridized carbons (Fsp3) is 0.471. The van der Waals surface area contributed by atoms with Crippen LogP contribution in [0.5, 0.6) is 5.88 Å². The van der Waals surface area contributed by atoms with Crippen molar-refractivity contribution in [1.29, 1.82) is 0 Å². The van der Waals surface area contributed by atoms with Crippen LogP contribution in [0, 0.1) is 12.7 Å². The van der Waals surface area contributed by atoms with Crippen LogP contribution in [0.4, 0.5) is 8.78 Å². The largest absolute Gasteiger partial charge is 0.443 e. The fourth-order valence-electron chi connectivity index (χ4n) is 2.79. The van der Waals surface area contributed by atoms with Crippen molar-refractivity contribution in [2.24, 2.45) is 0 Å². The van der Waals surface area contributed by atoms with Gasteiger partial charge >= 0.3 is 0 Å². The van der Waals surface area contributed by atoms with Crippen molar-refractivity contribution >= 4 is 0 Å². The molecule has 0 saturated carbocycles. The molecule has 9 heteroatoms. The normalized spacial score (nSPS) is 28.9. The van der Waals surface area contributed by atoms with Gasteiger partial charge in [-0.2, -0.15) is 0 Å². The molecule has 3 rings (SSSR count). The molecule has 1 saturated heterocycles. The number of aryl methyl sites for hydroxylation is 1. The Bertz CT molecular complexity index is 737. The SMILES string of the molecule is Cc1[nH]nc(OC2OC(CO)C(F)C(O)C2O)c1Cc1ccc(F)cc1. The average Bonchev–Trinajstić information content (AvgIpc) is 2.97. The van der Waals surface area contributed by atoms with Crippen LogP contribution < -0.4 is 4.74 Å². The van der Waals surface area contributed by atoms with E-state index in [2.05, 4.69) is 10.2 Å². The van der Waals surface area contributed by atoms with Crippen molar-refractivity contribution in [3.63, 3.8) is 0 Å². The fourth-order valence-corrected chi connectivity index (χ4v) is 2.79. The molecule has 4 N–H and O–H groups in total. The van der Waals surface area contributed by atoms with Gasteiger partial charge in [0, 0.05) is 17.7 Å². The topological polar surface area (TPSA) is 108 Å². The highest BCUT2D eigenvalue weighted by molar-refractivity contribution is 5.35. The second kappa shape index (κ2) is 7.67. The summed E-state index contributed by atoms with van der Waals surface area (Å²) < 4.78 is 37.6. The lowest BCUT2D eigenvalue weighted by Gasteiger charge is -2.38. The first kappa shape index (κ1) is 18.7. The van der Waals surface area contributed by atoms with Gasteiger partial charge in [-0.05, 0) is 24.6 Å². The van der Waals surface area contributed by atoms with Crippen LogP contribution in [0.2, 0.25) is 0 Å². The van der Waals surface area contributed by atoms with E-state index in [1.165, 1.54) is 12.1 Å². The molecular formula is C17H20F2N2O5. The summed E-state index contributed by atoms with van der Waals surface area (Å²) in [5.41, 5.74) is 2.14. The van der Waals surface area contributed by atoms with E-state index >= 15 is 0 Å². The number of hydrogen-bond acceptors (Lipinski definition) is 6. The zero-order valence-corrected chi connectivity index (χ0v) is 14.0. The molecule has 7 nitrogen and oxygen atoms in total. The van der Waals surface area contributed by atoms with Crippen LogP contribution in [0.25, 0.3) is 0 Å². The standard InChI is InChI=1S/C17H20F2N2O5/c1-8-11(6-9-2-4-10(18)5-3-9)16(21-20-8)26-17-15(24)14(23)13(19)12(7-22)25-17/h2-5,12-15,17,22-24H,6-7H2,1H3,(H,20,21). The van der Waals surface area contributed by atoms with Gasteiger partial charge in [0.25, 0.3) is 0 Å². The predicted octanol–water partition coefficient (Wildman–Crippen LogP) is 0.604. The van der Waals surface area contributed by atoms with Gasteiger partial charge in [-0.15, -0.1) is 5.10 Å². The molecule has 26 heavy (non-hydrogen) atoms. The van der Waals surface area contributed by atoms with Crippen LogP contribution in [0.3, 0.4) is 0 Å². The Morgan fingerprint density at radius 3 is 2.58 bits per heavy atom. The number of alkyl halides is 1. The molecule has 0 aliphatic carbocycles. The average molecular weight is 370 g/mol. The number of rotatable bonds is 5. The van der Waals surface area contributed by atoms with E-state index in [1.807, 2.05) is 0 Å². The van der Waals surface area contributed by atoms with Gasteiger partial charge in [-0.25, -0.2) is 8.78 Å². The first-order valence-electron chi connectivity index (χ1n) is 8.12. The number of nitrogens with zero attached hydrogens (tertiary/aromatic N) is 1. The van der Waals surface area contributed by atoms with Crippen molar-refractivity contribution in [2.45, 2.75) is 44.1 Å². The molecule has 0 spiro atoms. The maximum Gasteiger partial charge on any atom is 0.238 e. The van der Waals surface area contributed by atoms with Crippen molar-refractivity contribution < 1.29 is 33.6 Å². The van der Waals surface area contributed by atoms with Crippen molar-refractivity contribution in [3.8, 4) is 5.88 Å². The Kier molecular flexibility index (Phi) is 5.52. The first-order valence-corrected chi connectivity index (χ1v) is 8.12. The molecule has 0 amide bonds. The number of nitrogens with one attached hydrogen (secondary N) is 1. The Hall–Kier alpha value is -2.07. The van der Waals surface area contributed by atoms with Gasteiger partial charge in [-0.3, -0.25) is 5.10 Å². The number of hydrogen-bond donors (Lipinski definition) is 4. The second-order valence-corrected chi connectivity index (χ2v) is 6.20. The first-order chi connectivity index (χ1) is 12.4. The third-order valence-corrected chi connectivity index (χ3v) is 4.36. The highest BCUT2D eigenvalue weighted by atomic mass is 19.1. The molecule has 0 radical (unpaired) electrons. The minimum Gasteiger partial charge on any atom is -0.443 e. The summed E-state index contributed by atoms with van der Waals surface area (Å²) in [4.78, 5) is 0. The molecule has 142 valence electrons. The number of halogens is 2.